The third-order valence-electron chi connectivity index (χ3n) is 3.83. The molecule has 0 unspecified atom stereocenters. The molecule has 0 saturated carbocycles. The van der Waals surface area contributed by atoms with E-state index in [1.54, 1.807) is 24.3 Å². The van der Waals surface area contributed by atoms with E-state index in [9.17, 15) is 14.0 Å². The monoisotopic (exact) mass is 408 g/mol. The first-order valence-corrected chi connectivity index (χ1v) is 9.01. The lowest BCUT2D eigenvalue weighted by Crippen LogP contribution is -2.43. The summed E-state index contributed by atoms with van der Waals surface area (Å²) >= 11 is 5.12. The molecule has 3 rings (SSSR count). The van der Waals surface area contributed by atoms with Crippen LogP contribution in [-0.4, -0.2) is 16.9 Å². The molecule has 0 atom stereocenters. The average Bonchev–Trinajstić information content (AvgIpc) is 2.74. The van der Waals surface area contributed by atoms with Crippen LogP contribution < -0.4 is 21.5 Å². The summed E-state index contributed by atoms with van der Waals surface area (Å²) < 4.78 is 12.9. The number of nitrogens with one attached hydrogen (secondary N) is 4. The molecule has 146 valence electrons. The lowest BCUT2D eigenvalue weighted by Gasteiger charge is -2.12. The summed E-state index contributed by atoms with van der Waals surface area (Å²) in [5, 5.41) is 5.86. The Morgan fingerprint density at radius 3 is 1.86 bits per heavy atom. The van der Waals surface area contributed by atoms with Gasteiger partial charge in [0.1, 0.15) is 5.82 Å². The van der Waals surface area contributed by atoms with Crippen LogP contribution in [-0.2, 0) is 0 Å². The van der Waals surface area contributed by atoms with Crippen LogP contribution in [0.4, 0.5) is 15.8 Å². The highest BCUT2D eigenvalue weighted by Gasteiger charge is 2.09. The molecular formula is C21H17FN4O2S. The fourth-order valence-corrected chi connectivity index (χ4v) is 2.55. The van der Waals surface area contributed by atoms with Gasteiger partial charge < -0.3 is 10.6 Å². The Kier molecular flexibility index (Phi) is 6.49. The van der Waals surface area contributed by atoms with Gasteiger partial charge in [-0.1, -0.05) is 18.2 Å². The zero-order valence-electron chi connectivity index (χ0n) is 15.1. The molecule has 2 amide bonds. The Labute approximate surface area is 172 Å². The summed E-state index contributed by atoms with van der Waals surface area (Å²) in [5.74, 6) is -1.18. The zero-order valence-corrected chi connectivity index (χ0v) is 15.9. The quantitative estimate of drug-likeness (QED) is 0.391. The summed E-state index contributed by atoms with van der Waals surface area (Å²) in [4.78, 5) is 24.3. The highest BCUT2D eigenvalue weighted by Crippen LogP contribution is 2.12. The van der Waals surface area contributed by atoms with Gasteiger partial charge in [0, 0.05) is 22.5 Å². The van der Waals surface area contributed by atoms with E-state index >= 15 is 0 Å². The third kappa shape index (κ3) is 5.85. The maximum absolute atomic E-state index is 12.9. The van der Waals surface area contributed by atoms with Gasteiger partial charge in [-0.3, -0.25) is 20.4 Å². The van der Waals surface area contributed by atoms with Crippen LogP contribution in [0.25, 0.3) is 0 Å². The number of anilines is 2. The molecule has 4 N–H and O–H groups in total. The number of benzene rings is 3. The number of carbonyl (C=O) groups is 2. The van der Waals surface area contributed by atoms with Gasteiger partial charge in [-0.25, -0.2) is 4.39 Å². The summed E-state index contributed by atoms with van der Waals surface area (Å²) in [7, 11) is 0. The lowest BCUT2D eigenvalue weighted by molar-refractivity contribution is 0.0943. The minimum absolute atomic E-state index is 0.243. The van der Waals surface area contributed by atoms with E-state index < -0.39 is 11.7 Å². The van der Waals surface area contributed by atoms with Crippen molar-refractivity contribution in [1.82, 2.24) is 10.9 Å². The largest absolute Gasteiger partial charge is 0.331 e. The van der Waals surface area contributed by atoms with Gasteiger partial charge >= 0.3 is 0 Å². The summed E-state index contributed by atoms with van der Waals surface area (Å²) in [6.45, 7) is 0. The maximum Gasteiger partial charge on any atom is 0.269 e. The number of rotatable bonds is 4. The molecule has 0 aliphatic heterocycles. The molecule has 0 aliphatic rings. The minimum atomic E-state index is -0.413. The van der Waals surface area contributed by atoms with Gasteiger partial charge in [-0.05, 0) is 72.9 Å². The SMILES string of the molecule is O=C(NNC(=S)Nc1ccccc1)c1ccc(NC(=O)c2ccc(F)cc2)cc1. The van der Waals surface area contributed by atoms with Gasteiger partial charge in [0.05, 0.1) is 0 Å². The predicted octanol–water partition coefficient (Wildman–Crippen LogP) is 3.71. The van der Waals surface area contributed by atoms with E-state index in [4.69, 9.17) is 12.2 Å². The van der Waals surface area contributed by atoms with E-state index in [1.807, 2.05) is 30.3 Å². The molecule has 0 spiro atoms. The number of hydrazine groups is 1. The summed E-state index contributed by atoms with van der Waals surface area (Å²) in [6.07, 6.45) is 0. The molecule has 3 aromatic carbocycles. The molecule has 0 aliphatic carbocycles. The van der Waals surface area contributed by atoms with Crippen LogP contribution in [0.15, 0.2) is 78.9 Å². The average molecular weight is 408 g/mol. The number of para-hydroxylation sites is 1. The molecular weight excluding hydrogens is 391 g/mol. The van der Waals surface area contributed by atoms with Crippen LogP contribution in [0.3, 0.4) is 0 Å². The molecule has 0 bridgehead atoms. The van der Waals surface area contributed by atoms with Crippen molar-refractivity contribution in [3.63, 3.8) is 0 Å². The Bertz CT molecular complexity index is 1010. The first kappa shape index (κ1) is 20.0. The highest BCUT2D eigenvalue weighted by molar-refractivity contribution is 7.80. The molecule has 29 heavy (non-hydrogen) atoms. The van der Waals surface area contributed by atoms with Gasteiger partial charge in [0.15, 0.2) is 5.11 Å². The Morgan fingerprint density at radius 1 is 0.655 bits per heavy atom. The van der Waals surface area contributed by atoms with E-state index in [1.165, 1.54) is 24.3 Å². The number of hydrogen-bond acceptors (Lipinski definition) is 3. The normalized spacial score (nSPS) is 9.97. The van der Waals surface area contributed by atoms with E-state index in [0.717, 1.165) is 5.69 Å². The van der Waals surface area contributed by atoms with E-state index in [0.29, 0.717) is 16.8 Å². The molecule has 0 heterocycles. The second-order valence-corrected chi connectivity index (χ2v) is 6.35. The number of thiocarbonyl (C=S) groups is 1. The molecule has 0 aromatic heterocycles. The Morgan fingerprint density at radius 2 is 1.21 bits per heavy atom. The van der Waals surface area contributed by atoms with Crippen molar-refractivity contribution in [2.75, 3.05) is 10.6 Å². The van der Waals surface area contributed by atoms with Crippen LogP contribution in [0.1, 0.15) is 20.7 Å². The van der Waals surface area contributed by atoms with Crippen molar-refractivity contribution in [2.24, 2.45) is 0 Å². The second-order valence-electron chi connectivity index (χ2n) is 5.94. The lowest BCUT2D eigenvalue weighted by atomic mass is 10.1. The van der Waals surface area contributed by atoms with Crippen LogP contribution in [0, 0.1) is 5.82 Å². The van der Waals surface area contributed by atoms with Crippen molar-refractivity contribution in [3.8, 4) is 0 Å². The molecule has 0 radical (unpaired) electrons. The van der Waals surface area contributed by atoms with Gasteiger partial charge in [0.2, 0.25) is 0 Å². The van der Waals surface area contributed by atoms with Crippen molar-refractivity contribution in [3.05, 3.63) is 95.8 Å². The minimum Gasteiger partial charge on any atom is -0.331 e. The van der Waals surface area contributed by atoms with Crippen LogP contribution in [0.5, 0.6) is 0 Å². The topological polar surface area (TPSA) is 82.3 Å². The first-order valence-electron chi connectivity index (χ1n) is 8.60. The molecule has 6 nitrogen and oxygen atoms in total. The molecule has 0 saturated heterocycles. The standard InChI is InChI=1S/C21H17FN4O2S/c22-16-10-6-14(7-11-16)19(27)23-18-12-8-15(9-13-18)20(28)25-26-21(29)24-17-4-2-1-3-5-17/h1-13H,(H,23,27)(H,25,28)(H2,24,26,29). The second kappa shape index (κ2) is 9.43. The summed E-state index contributed by atoms with van der Waals surface area (Å²) in [5.41, 5.74) is 7.12. The number of hydrogen-bond donors (Lipinski definition) is 4. The maximum atomic E-state index is 12.9. The molecule has 8 heteroatoms. The van der Waals surface area contributed by atoms with Gasteiger partial charge in [0.25, 0.3) is 11.8 Å². The summed E-state index contributed by atoms with van der Waals surface area (Å²) in [6, 6.07) is 20.8. The number of amides is 2. The highest BCUT2D eigenvalue weighted by atomic mass is 32.1. The van der Waals surface area contributed by atoms with Crippen molar-refractivity contribution < 1.29 is 14.0 Å². The van der Waals surface area contributed by atoms with Crippen molar-refractivity contribution in [1.29, 1.82) is 0 Å². The fraction of sp³-hybridized carbons (Fsp3) is 0. The first-order chi connectivity index (χ1) is 14.0. The molecule has 3 aromatic rings. The Balaban J connectivity index is 1.51. The van der Waals surface area contributed by atoms with E-state index in [2.05, 4.69) is 21.5 Å². The van der Waals surface area contributed by atoms with Gasteiger partial charge in [-0.15, -0.1) is 0 Å². The predicted molar refractivity (Wildman–Crippen MR) is 114 cm³/mol. The third-order valence-corrected chi connectivity index (χ3v) is 4.04. The van der Waals surface area contributed by atoms with E-state index in [-0.39, 0.29) is 11.0 Å². The van der Waals surface area contributed by atoms with Crippen LogP contribution >= 0.6 is 12.2 Å². The van der Waals surface area contributed by atoms with Crippen molar-refractivity contribution >= 4 is 40.5 Å². The smallest absolute Gasteiger partial charge is 0.269 e. The Hall–Kier alpha value is -3.78. The van der Waals surface area contributed by atoms with Crippen LogP contribution in [0.2, 0.25) is 0 Å². The molecule has 0 fully saturated rings. The fourth-order valence-electron chi connectivity index (χ4n) is 2.38. The van der Waals surface area contributed by atoms with Crippen molar-refractivity contribution in [2.45, 2.75) is 0 Å². The van der Waals surface area contributed by atoms with Gasteiger partial charge in [-0.2, -0.15) is 0 Å². The zero-order chi connectivity index (χ0) is 20.6. The number of halogens is 1. The number of carbonyl (C=O) groups excluding carboxylic acids is 2.